The number of nitrogens with one attached hydrogen (secondary N) is 2. The van der Waals surface area contributed by atoms with Crippen molar-refractivity contribution in [3.05, 3.63) is 52.5 Å². The number of alkyl halides is 1. The topological polar surface area (TPSA) is 106 Å². The highest BCUT2D eigenvalue weighted by molar-refractivity contribution is 7.13. The molecule has 0 spiro atoms. The second-order valence-corrected chi connectivity index (χ2v) is 8.47. The van der Waals surface area contributed by atoms with Crippen molar-refractivity contribution < 1.29 is 18.3 Å². The maximum absolute atomic E-state index is 14.4. The van der Waals surface area contributed by atoms with E-state index in [2.05, 4.69) is 20.5 Å². The van der Waals surface area contributed by atoms with Crippen molar-refractivity contribution in [3.63, 3.8) is 0 Å². The van der Waals surface area contributed by atoms with Gasteiger partial charge >= 0.3 is 0 Å². The van der Waals surface area contributed by atoms with Crippen molar-refractivity contribution in [1.29, 1.82) is 0 Å². The number of ether oxygens (including phenoxy) is 1. The summed E-state index contributed by atoms with van der Waals surface area (Å²) in [5.41, 5.74) is 8.01. The average Bonchev–Trinajstić information content (AvgIpc) is 3.38. The lowest BCUT2D eigenvalue weighted by molar-refractivity contribution is 0.0295. The number of benzene rings is 1. The molecular weight excluding hydrogens is 424 g/mol. The van der Waals surface area contributed by atoms with E-state index in [1.807, 2.05) is 0 Å². The number of aryl methyl sites for hydroxylation is 1. The number of nitrogens with two attached hydrogens (primary N) is 1. The van der Waals surface area contributed by atoms with Crippen molar-refractivity contribution in [3.8, 4) is 10.6 Å². The van der Waals surface area contributed by atoms with Crippen LogP contribution in [0.5, 0.6) is 0 Å². The monoisotopic (exact) mass is 447 g/mol. The summed E-state index contributed by atoms with van der Waals surface area (Å²) < 4.78 is 33.7. The van der Waals surface area contributed by atoms with Crippen LogP contribution < -0.4 is 11.1 Å². The summed E-state index contributed by atoms with van der Waals surface area (Å²) in [4.78, 5) is 17.0. The number of nitrogens with zero attached hydrogens (tertiary/aromatic N) is 2. The molecule has 4 N–H and O–H groups in total. The van der Waals surface area contributed by atoms with Crippen LogP contribution in [0.4, 0.5) is 14.5 Å². The second-order valence-electron chi connectivity index (χ2n) is 7.61. The Morgan fingerprint density at radius 1 is 1.42 bits per heavy atom. The van der Waals surface area contributed by atoms with Gasteiger partial charge in [0.2, 0.25) is 0 Å². The first-order valence-electron chi connectivity index (χ1n) is 9.98. The van der Waals surface area contributed by atoms with Crippen molar-refractivity contribution in [2.24, 2.45) is 5.73 Å². The fourth-order valence-corrected chi connectivity index (χ4v) is 4.28. The SMILES string of the molecule is Cc1cccc(-c2nc(C(=O)Nc3cn[nH]c3C[C@@H]3CC[C@@H](N)[C@H](F)CO3)cs2)c1F. The van der Waals surface area contributed by atoms with E-state index in [-0.39, 0.29) is 24.2 Å². The Balaban J connectivity index is 1.44. The number of hydrogen-bond donors (Lipinski definition) is 3. The fourth-order valence-electron chi connectivity index (χ4n) is 3.46. The predicted molar refractivity (Wildman–Crippen MR) is 114 cm³/mol. The summed E-state index contributed by atoms with van der Waals surface area (Å²) in [7, 11) is 0. The number of aromatic amines is 1. The van der Waals surface area contributed by atoms with E-state index in [4.69, 9.17) is 10.5 Å². The summed E-state index contributed by atoms with van der Waals surface area (Å²) in [5, 5.41) is 11.7. The van der Waals surface area contributed by atoms with Gasteiger partial charge in [0.05, 0.1) is 30.3 Å². The predicted octanol–water partition coefficient (Wildman–Crippen LogP) is 3.62. The summed E-state index contributed by atoms with van der Waals surface area (Å²) >= 11 is 1.20. The van der Waals surface area contributed by atoms with Crippen LogP contribution in [0.15, 0.2) is 29.8 Å². The third kappa shape index (κ3) is 4.81. The van der Waals surface area contributed by atoms with Crippen LogP contribution in [-0.4, -0.2) is 46.0 Å². The van der Waals surface area contributed by atoms with Crippen molar-refractivity contribution in [1.82, 2.24) is 15.2 Å². The van der Waals surface area contributed by atoms with E-state index in [1.54, 1.807) is 30.5 Å². The van der Waals surface area contributed by atoms with E-state index in [9.17, 15) is 13.6 Å². The Morgan fingerprint density at radius 2 is 2.26 bits per heavy atom. The number of carbonyl (C=O) groups excluding carboxylic acids is 1. The number of rotatable bonds is 5. The highest BCUT2D eigenvalue weighted by Crippen LogP contribution is 2.28. The largest absolute Gasteiger partial charge is 0.375 e. The number of halogens is 2. The molecule has 3 heterocycles. The molecule has 3 atom stereocenters. The number of amides is 1. The molecule has 10 heteroatoms. The van der Waals surface area contributed by atoms with Gasteiger partial charge in [-0.1, -0.05) is 12.1 Å². The normalized spacial score (nSPS) is 21.6. The van der Waals surface area contributed by atoms with Gasteiger partial charge in [-0.25, -0.2) is 13.8 Å². The van der Waals surface area contributed by atoms with Gasteiger partial charge in [-0.2, -0.15) is 5.10 Å². The first kappa shape index (κ1) is 21.5. The first-order valence-corrected chi connectivity index (χ1v) is 10.9. The third-order valence-electron chi connectivity index (χ3n) is 5.33. The lowest BCUT2D eigenvalue weighted by atomic mass is 10.0. The lowest BCUT2D eigenvalue weighted by Crippen LogP contribution is -2.32. The van der Waals surface area contributed by atoms with Crippen LogP contribution in [0.1, 0.15) is 34.6 Å². The van der Waals surface area contributed by atoms with Gasteiger partial charge in [0.1, 0.15) is 22.7 Å². The molecule has 1 aromatic carbocycles. The lowest BCUT2D eigenvalue weighted by Gasteiger charge is -2.15. The highest BCUT2D eigenvalue weighted by atomic mass is 32.1. The molecule has 0 saturated carbocycles. The smallest absolute Gasteiger partial charge is 0.275 e. The molecule has 31 heavy (non-hydrogen) atoms. The molecule has 1 amide bonds. The Kier molecular flexibility index (Phi) is 6.40. The van der Waals surface area contributed by atoms with E-state index in [0.29, 0.717) is 46.8 Å². The Bertz CT molecular complexity index is 1060. The third-order valence-corrected chi connectivity index (χ3v) is 6.21. The quantitative estimate of drug-likeness (QED) is 0.554. The molecule has 3 aromatic rings. The molecular formula is C21H23F2N5O2S. The zero-order valence-electron chi connectivity index (χ0n) is 16.9. The molecule has 1 fully saturated rings. The fraction of sp³-hybridized carbons (Fsp3) is 0.381. The Morgan fingerprint density at radius 3 is 3.10 bits per heavy atom. The molecule has 7 nitrogen and oxygen atoms in total. The minimum Gasteiger partial charge on any atom is -0.375 e. The van der Waals surface area contributed by atoms with E-state index >= 15 is 0 Å². The van der Waals surface area contributed by atoms with Gasteiger partial charge in [0, 0.05) is 23.4 Å². The van der Waals surface area contributed by atoms with Gasteiger partial charge in [-0.15, -0.1) is 11.3 Å². The summed E-state index contributed by atoms with van der Waals surface area (Å²) in [6, 6.07) is 4.54. The first-order chi connectivity index (χ1) is 14.9. The van der Waals surface area contributed by atoms with Gasteiger partial charge in [-0.05, 0) is 31.4 Å². The van der Waals surface area contributed by atoms with Crippen LogP contribution in [0.2, 0.25) is 0 Å². The second kappa shape index (κ2) is 9.21. The Hall–Kier alpha value is -2.69. The number of H-pyrrole nitrogens is 1. The van der Waals surface area contributed by atoms with E-state index < -0.39 is 18.1 Å². The molecule has 2 aromatic heterocycles. The maximum Gasteiger partial charge on any atom is 0.275 e. The molecule has 164 valence electrons. The number of thiazole rings is 1. The molecule has 0 bridgehead atoms. The molecule has 1 aliphatic heterocycles. The number of hydrogen-bond acceptors (Lipinski definition) is 6. The highest BCUT2D eigenvalue weighted by Gasteiger charge is 2.26. The molecule has 1 aliphatic rings. The molecule has 1 saturated heterocycles. The van der Waals surface area contributed by atoms with E-state index in [1.165, 1.54) is 17.5 Å². The zero-order chi connectivity index (χ0) is 22.0. The maximum atomic E-state index is 14.4. The van der Waals surface area contributed by atoms with Gasteiger partial charge < -0.3 is 15.8 Å². The minimum absolute atomic E-state index is 0.0429. The van der Waals surface area contributed by atoms with Crippen molar-refractivity contribution in [2.75, 3.05) is 11.9 Å². The molecule has 0 radical (unpaired) electrons. The number of anilines is 1. The number of aromatic nitrogens is 3. The molecule has 0 unspecified atom stereocenters. The van der Waals surface area contributed by atoms with Crippen LogP contribution in [0, 0.1) is 12.7 Å². The van der Waals surface area contributed by atoms with Crippen LogP contribution in [-0.2, 0) is 11.2 Å². The van der Waals surface area contributed by atoms with Crippen LogP contribution in [0.25, 0.3) is 10.6 Å². The van der Waals surface area contributed by atoms with Gasteiger partial charge in [0.25, 0.3) is 5.91 Å². The summed E-state index contributed by atoms with van der Waals surface area (Å²) in [6.45, 7) is 1.64. The summed E-state index contributed by atoms with van der Waals surface area (Å²) in [6.07, 6.45) is 1.68. The van der Waals surface area contributed by atoms with Crippen molar-refractivity contribution in [2.45, 2.75) is 44.5 Å². The average molecular weight is 448 g/mol. The summed E-state index contributed by atoms with van der Waals surface area (Å²) in [5.74, 6) is -0.773. The number of carbonyl (C=O) groups is 1. The van der Waals surface area contributed by atoms with Crippen LogP contribution in [0.3, 0.4) is 0 Å². The van der Waals surface area contributed by atoms with E-state index in [0.717, 1.165) is 0 Å². The molecule has 0 aliphatic carbocycles. The standard InChI is InChI=1S/C21H23F2N5O2S/c1-11-3-2-4-13(19(11)23)21-27-18(10-31-21)20(29)26-17-8-25-28-16(17)7-12-5-6-15(24)14(22)9-30-12/h2-4,8,10,12,14-15H,5-7,9,24H2,1H3,(H,25,28)(H,26,29)/t12-,14+,15+/m0/s1. The Labute approximate surface area is 182 Å². The van der Waals surface area contributed by atoms with Gasteiger partial charge in [0.15, 0.2) is 0 Å². The zero-order valence-corrected chi connectivity index (χ0v) is 17.7. The van der Waals surface area contributed by atoms with Crippen LogP contribution >= 0.6 is 11.3 Å². The minimum atomic E-state index is -1.18. The molecule has 4 rings (SSSR count). The van der Waals surface area contributed by atoms with Crippen molar-refractivity contribution >= 4 is 22.9 Å². The van der Waals surface area contributed by atoms with Gasteiger partial charge in [-0.3, -0.25) is 9.89 Å².